The number of carbonyl (C=O) groups is 1. The van der Waals surface area contributed by atoms with Crippen molar-refractivity contribution < 1.29 is 17.9 Å². The van der Waals surface area contributed by atoms with Crippen molar-refractivity contribution in [2.45, 2.75) is 11.8 Å². The van der Waals surface area contributed by atoms with Crippen molar-refractivity contribution in [3.63, 3.8) is 0 Å². The van der Waals surface area contributed by atoms with E-state index in [9.17, 15) is 13.2 Å². The number of hydrogen-bond donors (Lipinski definition) is 1. The van der Waals surface area contributed by atoms with E-state index < -0.39 is 15.9 Å². The fourth-order valence-corrected chi connectivity index (χ4v) is 3.86. The highest BCUT2D eigenvalue weighted by molar-refractivity contribution is 7.90. The molecule has 3 rings (SSSR count). The van der Waals surface area contributed by atoms with Crippen LogP contribution in [0.3, 0.4) is 0 Å². The molecule has 1 saturated heterocycles. The molecular formula is C17H19N3O4S. The summed E-state index contributed by atoms with van der Waals surface area (Å²) in [7, 11) is -3.94. The minimum absolute atomic E-state index is 0.0839. The first kappa shape index (κ1) is 17.4. The molecule has 1 fully saturated rings. The number of benzene rings is 1. The van der Waals surface area contributed by atoms with E-state index in [0.717, 1.165) is 5.69 Å². The zero-order valence-corrected chi connectivity index (χ0v) is 14.6. The predicted molar refractivity (Wildman–Crippen MR) is 93.1 cm³/mol. The molecule has 1 aliphatic heterocycles. The van der Waals surface area contributed by atoms with Gasteiger partial charge in [0.1, 0.15) is 0 Å². The van der Waals surface area contributed by atoms with Crippen molar-refractivity contribution in [1.29, 1.82) is 0 Å². The second-order valence-corrected chi connectivity index (χ2v) is 7.38. The van der Waals surface area contributed by atoms with Gasteiger partial charge in [0, 0.05) is 19.3 Å². The van der Waals surface area contributed by atoms with Crippen molar-refractivity contribution >= 4 is 21.6 Å². The molecule has 1 aliphatic rings. The van der Waals surface area contributed by atoms with E-state index in [1.54, 1.807) is 37.4 Å². The lowest BCUT2D eigenvalue weighted by Gasteiger charge is -2.28. The average molecular weight is 361 g/mol. The third kappa shape index (κ3) is 3.97. The molecule has 8 heteroatoms. The zero-order chi connectivity index (χ0) is 17.9. The molecule has 1 amide bonds. The number of rotatable bonds is 4. The highest BCUT2D eigenvalue weighted by atomic mass is 32.2. The molecule has 0 saturated carbocycles. The van der Waals surface area contributed by atoms with E-state index in [0.29, 0.717) is 31.9 Å². The maximum absolute atomic E-state index is 12.4. The van der Waals surface area contributed by atoms with Gasteiger partial charge >= 0.3 is 0 Å². The molecule has 1 aromatic carbocycles. The van der Waals surface area contributed by atoms with Gasteiger partial charge < -0.3 is 9.64 Å². The highest BCUT2D eigenvalue weighted by Crippen LogP contribution is 2.18. The first-order chi connectivity index (χ1) is 12.0. The summed E-state index contributed by atoms with van der Waals surface area (Å²) >= 11 is 0. The number of hydrogen-bond acceptors (Lipinski definition) is 6. The van der Waals surface area contributed by atoms with Crippen LogP contribution in [0.15, 0.2) is 47.6 Å². The van der Waals surface area contributed by atoms with Gasteiger partial charge in [-0.15, -0.1) is 0 Å². The Balaban J connectivity index is 1.80. The molecule has 0 spiro atoms. The molecule has 0 radical (unpaired) electrons. The molecule has 0 unspecified atom stereocenters. The lowest BCUT2D eigenvalue weighted by molar-refractivity contribution is 0.0981. The van der Waals surface area contributed by atoms with Gasteiger partial charge in [-0.25, -0.2) is 13.1 Å². The molecule has 25 heavy (non-hydrogen) atoms. The summed E-state index contributed by atoms with van der Waals surface area (Å²) in [5.41, 5.74) is 1.54. The second-order valence-electron chi connectivity index (χ2n) is 5.73. The molecule has 0 bridgehead atoms. The summed E-state index contributed by atoms with van der Waals surface area (Å²) in [4.78, 5) is 18.6. The Morgan fingerprint density at radius 1 is 1.20 bits per heavy atom. The number of aromatic nitrogens is 1. The van der Waals surface area contributed by atoms with Crippen LogP contribution in [0, 0.1) is 6.92 Å². The summed E-state index contributed by atoms with van der Waals surface area (Å²) in [6.07, 6.45) is 3.00. The fraction of sp³-hybridized carbons (Fsp3) is 0.294. The summed E-state index contributed by atoms with van der Waals surface area (Å²) in [6, 6.07) is 8.15. The Morgan fingerprint density at radius 3 is 2.64 bits per heavy atom. The lowest BCUT2D eigenvalue weighted by Crippen LogP contribution is -2.36. The lowest BCUT2D eigenvalue weighted by atomic mass is 10.2. The molecule has 132 valence electrons. The van der Waals surface area contributed by atoms with Gasteiger partial charge in [0.05, 0.1) is 35.6 Å². The first-order valence-corrected chi connectivity index (χ1v) is 9.36. The summed E-state index contributed by atoms with van der Waals surface area (Å²) in [6.45, 7) is 4.30. The van der Waals surface area contributed by atoms with Crippen molar-refractivity contribution in [2.24, 2.45) is 0 Å². The number of pyridine rings is 1. The summed E-state index contributed by atoms with van der Waals surface area (Å²) in [5.74, 6) is -0.703. The van der Waals surface area contributed by atoms with E-state index in [1.807, 2.05) is 4.90 Å². The molecular weight excluding hydrogens is 342 g/mol. The third-order valence-corrected chi connectivity index (χ3v) is 5.46. The summed E-state index contributed by atoms with van der Waals surface area (Å²) in [5, 5.41) is 0. The number of carbonyl (C=O) groups excluding carboxylic acids is 1. The minimum Gasteiger partial charge on any atom is -0.378 e. The van der Waals surface area contributed by atoms with Crippen LogP contribution in [0.25, 0.3) is 0 Å². The van der Waals surface area contributed by atoms with E-state index in [-0.39, 0.29) is 10.5 Å². The fourth-order valence-electron chi connectivity index (χ4n) is 2.64. The van der Waals surface area contributed by atoms with E-state index in [2.05, 4.69) is 9.71 Å². The summed E-state index contributed by atoms with van der Waals surface area (Å²) < 4.78 is 32.3. The molecule has 1 N–H and O–H groups in total. The van der Waals surface area contributed by atoms with Crippen molar-refractivity contribution in [3.05, 3.63) is 53.9 Å². The predicted octanol–water partition coefficient (Wildman–Crippen LogP) is 1.35. The number of aryl methyl sites for hydroxylation is 1. The molecule has 0 atom stereocenters. The van der Waals surface area contributed by atoms with Gasteiger partial charge in [0.2, 0.25) is 0 Å². The quantitative estimate of drug-likeness (QED) is 0.884. The van der Waals surface area contributed by atoms with Gasteiger partial charge in [-0.05, 0) is 24.6 Å². The molecule has 2 heterocycles. The topological polar surface area (TPSA) is 88.6 Å². The van der Waals surface area contributed by atoms with Crippen LogP contribution >= 0.6 is 0 Å². The smallest absolute Gasteiger partial charge is 0.266 e. The number of amides is 1. The SMILES string of the molecule is Cc1ccccc1S(=O)(=O)NC(=O)c1cncc(N2CCOCC2)c1. The number of ether oxygens (including phenoxy) is 1. The zero-order valence-electron chi connectivity index (χ0n) is 13.8. The van der Waals surface area contributed by atoms with Crippen molar-refractivity contribution in [3.8, 4) is 0 Å². The minimum atomic E-state index is -3.94. The van der Waals surface area contributed by atoms with Crippen LogP contribution in [0.5, 0.6) is 0 Å². The molecule has 7 nitrogen and oxygen atoms in total. The Labute approximate surface area is 146 Å². The number of nitrogens with zero attached hydrogens (tertiary/aromatic N) is 2. The number of anilines is 1. The van der Waals surface area contributed by atoms with Gasteiger partial charge in [-0.3, -0.25) is 9.78 Å². The van der Waals surface area contributed by atoms with Crippen molar-refractivity contribution in [2.75, 3.05) is 31.2 Å². The highest BCUT2D eigenvalue weighted by Gasteiger charge is 2.21. The van der Waals surface area contributed by atoms with Crippen LogP contribution in [0.2, 0.25) is 0 Å². The van der Waals surface area contributed by atoms with Gasteiger partial charge in [-0.2, -0.15) is 0 Å². The normalized spacial score (nSPS) is 15.0. The van der Waals surface area contributed by atoms with Crippen LogP contribution in [-0.2, 0) is 14.8 Å². The number of nitrogens with one attached hydrogen (secondary N) is 1. The van der Waals surface area contributed by atoms with Crippen LogP contribution in [-0.4, -0.2) is 45.6 Å². The monoisotopic (exact) mass is 361 g/mol. The number of sulfonamides is 1. The molecule has 0 aliphatic carbocycles. The maximum atomic E-state index is 12.4. The Kier molecular flexibility index (Phi) is 5.00. The van der Waals surface area contributed by atoms with E-state index >= 15 is 0 Å². The Morgan fingerprint density at radius 2 is 1.92 bits per heavy atom. The standard InChI is InChI=1S/C17H19N3O4S/c1-13-4-2-3-5-16(13)25(22,23)19-17(21)14-10-15(12-18-11-14)20-6-8-24-9-7-20/h2-5,10-12H,6-9H2,1H3,(H,19,21). The third-order valence-electron chi connectivity index (χ3n) is 3.97. The van der Waals surface area contributed by atoms with E-state index in [4.69, 9.17) is 4.74 Å². The second kappa shape index (κ2) is 7.20. The van der Waals surface area contributed by atoms with E-state index in [1.165, 1.54) is 12.3 Å². The largest absolute Gasteiger partial charge is 0.378 e. The Bertz CT molecular complexity index is 877. The van der Waals surface area contributed by atoms with Crippen LogP contribution in [0.4, 0.5) is 5.69 Å². The molecule has 1 aromatic heterocycles. The van der Waals surface area contributed by atoms with Gasteiger partial charge in [-0.1, -0.05) is 18.2 Å². The van der Waals surface area contributed by atoms with Crippen LogP contribution in [0.1, 0.15) is 15.9 Å². The molecule has 2 aromatic rings. The first-order valence-electron chi connectivity index (χ1n) is 7.88. The Hall–Kier alpha value is -2.45. The van der Waals surface area contributed by atoms with Gasteiger partial charge in [0.15, 0.2) is 0 Å². The number of morpholine rings is 1. The van der Waals surface area contributed by atoms with Gasteiger partial charge in [0.25, 0.3) is 15.9 Å². The van der Waals surface area contributed by atoms with Crippen LogP contribution < -0.4 is 9.62 Å². The maximum Gasteiger partial charge on any atom is 0.266 e. The van der Waals surface area contributed by atoms with Crippen molar-refractivity contribution in [1.82, 2.24) is 9.71 Å². The average Bonchev–Trinajstić information content (AvgIpc) is 2.62.